The van der Waals surface area contributed by atoms with Gasteiger partial charge in [-0.2, -0.15) is 0 Å². The number of carbonyl (C=O) groups is 1. The van der Waals surface area contributed by atoms with Crippen LogP contribution in [0.15, 0.2) is 0 Å². The van der Waals surface area contributed by atoms with Gasteiger partial charge in [0.05, 0.1) is 13.2 Å². The van der Waals surface area contributed by atoms with Crippen LogP contribution in [0.4, 0.5) is 0 Å². The van der Waals surface area contributed by atoms with Gasteiger partial charge in [-0.15, -0.1) is 0 Å². The van der Waals surface area contributed by atoms with Crippen LogP contribution in [0, 0.1) is 11.3 Å². The summed E-state index contributed by atoms with van der Waals surface area (Å²) in [6.07, 6.45) is 8.08. The summed E-state index contributed by atoms with van der Waals surface area (Å²) < 4.78 is 5.43. The highest BCUT2D eigenvalue weighted by molar-refractivity contribution is 5.48. The van der Waals surface area contributed by atoms with Gasteiger partial charge in [-0.1, -0.05) is 12.8 Å². The SMILES string of the molecule is O=CCCCCCC12COCC1C2. The van der Waals surface area contributed by atoms with Crippen LogP contribution in [0.25, 0.3) is 0 Å². The van der Waals surface area contributed by atoms with Gasteiger partial charge in [-0.3, -0.25) is 0 Å². The fraction of sp³-hybridized carbons (Fsp3) is 0.909. The molecule has 0 aromatic rings. The Bertz CT molecular complexity index is 191. The van der Waals surface area contributed by atoms with Gasteiger partial charge >= 0.3 is 0 Å². The zero-order chi connectivity index (χ0) is 9.15. The first-order valence-electron chi connectivity index (χ1n) is 5.39. The first kappa shape index (κ1) is 9.20. The minimum absolute atomic E-state index is 0.598. The van der Waals surface area contributed by atoms with Crippen LogP contribution in [-0.4, -0.2) is 19.5 Å². The van der Waals surface area contributed by atoms with E-state index >= 15 is 0 Å². The lowest BCUT2D eigenvalue weighted by Crippen LogP contribution is -2.04. The van der Waals surface area contributed by atoms with Crippen molar-refractivity contribution in [3.8, 4) is 0 Å². The molecule has 2 atom stereocenters. The molecular weight excluding hydrogens is 164 g/mol. The lowest BCUT2D eigenvalue weighted by atomic mass is 9.97. The standard InChI is InChI=1S/C11H18O2/c12-6-4-2-1-3-5-11-7-10(11)8-13-9-11/h6,10H,1-5,7-9H2. The van der Waals surface area contributed by atoms with Gasteiger partial charge in [0.25, 0.3) is 0 Å². The summed E-state index contributed by atoms with van der Waals surface area (Å²) in [7, 11) is 0. The van der Waals surface area contributed by atoms with E-state index in [1.807, 2.05) is 0 Å². The number of unbranched alkanes of at least 4 members (excludes halogenated alkanes) is 3. The van der Waals surface area contributed by atoms with E-state index in [1.54, 1.807) is 0 Å². The Labute approximate surface area is 79.7 Å². The van der Waals surface area contributed by atoms with Crippen LogP contribution in [-0.2, 0) is 9.53 Å². The van der Waals surface area contributed by atoms with Gasteiger partial charge in [-0.05, 0) is 30.6 Å². The van der Waals surface area contributed by atoms with Crippen molar-refractivity contribution in [2.24, 2.45) is 11.3 Å². The van der Waals surface area contributed by atoms with E-state index in [9.17, 15) is 4.79 Å². The molecule has 2 fully saturated rings. The van der Waals surface area contributed by atoms with Gasteiger partial charge in [0.2, 0.25) is 0 Å². The molecule has 1 aliphatic heterocycles. The van der Waals surface area contributed by atoms with E-state index in [0.29, 0.717) is 5.41 Å². The fourth-order valence-corrected chi connectivity index (χ4v) is 2.51. The third kappa shape index (κ3) is 1.93. The lowest BCUT2D eigenvalue weighted by molar-refractivity contribution is -0.107. The zero-order valence-electron chi connectivity index (χ0n) is 8.13. The third-order valence-corrected chi connectivity index (χ3v) is 3.56. The molecule has 2 nitrogen and oxygen atoms in total. The molecule has 1 saturated heterocycles. The highest BCUT2D eigenvalue weighted by Crippen LogP contribution is 2.59. The smallest absolute Gasteiger partial charge is 0.119 e. The van der Waals surface area contributed by atoms with Crippen molar-refractivity contribution in [1.29, 1.82) is 0 Å². The molecule has 1 aliphatic carbocycles. The van der Waals surface area contributed by atoms with Crippen molar-refractivity contribution in [1.82, 2.24) is 0 Å². The van der Waals surface area contributed by atoms with Crippen LogP contribution < -0.4 is 0 Å². The number of aldehydes is 1. The summed E-state index contributed by atoms with van der Waals surface area (Å²) >= 11 is 0. The molecule has 2 heteroatoms. The zero-order valence-corrected chi connectivity index (χ0v) is 8.13. The maximum atomic E-state index is 10.1. The predicted molar refractivity (Wildman–Crippen MR) is 50.5 cm³/mol. The van der Waals surface area contributed by atoms with Crippen molar-refractivity contribution in [2.75, 3.05) is 13.2 Å². The molecule has 0 amide bonds. The maximum absolute atomic E-state index is 10.1. The highest BCUT2D eigenvalue weighted by atomic mass is 16.5. The monoisotopic (exact) mass is 182 g/mol. The van der Waals surface area contributed by atoms with Crippen LogP contribution in [0.5, 0.6) is 0 Å². The van der Waals surface area contributed by atoms with Gasteiger partial charge in [0.15, 0.2) is 0 Å². The Hall–Kier alpha value is -0.370. The van der Waals surface area contributed by atoms with E-state index in [2.05, 4.69) is 0 Å². The minimum Gasteiger partial charge on any atom is -0.381 e. The fourth-order valence-electron chi connectivity index (χ4n) is 2.51. The minimum atomic E-state index is 0.598. The third-order valence-electron chi connectivity index (χ3n) is 3.56. The van der Waals surface area contributed by atoms with Gasteiger partial charge in [-0.25, -0.2) is 0 Å². The van der Waals surface area contributed by atoms with Crippen molar-refractivity contribution in [3.63, 3.8) is 0 Å². The second kappa shape index (κ2) is 3.79. The van der Waals surface area contributed by atoms with Gasteiger partial charge < -0.3 is 9.53 Å². The number of hydrogen-bond acceptors (Lipinski definition) is 2. The van der Waals surface area contributed by atoms with Crippen molar-refractivity contribution < 1.29 is 9.53 Å². The van der Waals surface area contributed by atoms with Crippen molar-refractivity contribution >= 4 is 6.29 Å². The Morgan fingerprint density at radius 3 is 2.92 bits per heavy atom. The Morgan fingerprint density at radius 1 is 1.38 bits per heavy atom. The molecular formula is C11H18O2. The Balaban J connectivity index is 1.56. The molecule has 0 spiro atoms. The second-order valence-corrected chi connectivity index (χ2v) is 4.54. The molecule has 0 radical (unpaired) electrons. The van der Waals surface area contributed by atoms with E-state index in [-0.39, 0.29) is 0 Å². The molecule has 2 aliphatic rings. The molecule has 2 rings (SSSR count). The average molecular weight is 182 g/mol. The average Bonchev–Trinajstić information content (AvgIpc) is 2.69. The van der Waals surface area contributed by atoms with E-state index in [4.69, 9.17) is 4.74 Å². The van der Waals surface area contributed by atoms with E-state index < -0.39 is 0 Å². The highest BCUT2D eigenvalue weighted by Gasteiger charge is 2.57. The predicted octanol–water partition coefficient (Wildman–Crippen LogP) is 2.17. The lowest BCUT2D eigenvalue weighted by Gasteiger charge is -2.09. The van der Waals surface area contributed by atoms with Crippen molar-refractivity contribution in [2.45, 2.75) is 38.5 Å². The van der Waals surface area contributed by atoms with Crippen LogP contribution >= 0.6 is 0 Å². The number of ether oxygens (including phenoxy) is 1. The molecule has 13 heavy (non-hydrogen) atoms. The van der Waals surface area contributed by atoms with Crippen LogP contribution in [0.2, 0.25) is 0 Å². The molecule has 1 saturated carbocycles. The van der Waals surface area contributed by atoms with E-state index in [0.717, 1.165) is 38.3 Å². The summed E-state index contributed by atoms with van der Waals surface area (Å²) in [5, 5.41) is 0. The summed E-state index contributed by atoms with van der Waals surface area (Å²) in [6.45, 7) is 2.01. The molecule has 0 bridgehead atoms. The molecule has 0 aromatic heterocycles. The number of carbonyl (C=O) groups excluding carboxylic acids is 1. The van der Waals surface area contributed by atoms with Gasteiger partial charge in [0.1, 0.15) is 6.29 Å². The summed E-state index contributed by atoms with van der Waals surface area (Å²) in [5.74, 6) is 0.888. The Kier molecular flexibility index (Phi) is 2.68. The number of hydrogen-bond donors (Lipinski definition) is 0. The van der Waals surface area contributed by atoms with Crippen LogP contribution in [0.1, 0.15) is 38.5 Å². The number of rotatable bonds is 6. The molecule has 74 valence electrons. The second-order valence-electron chi connectivity index (χ2n) is 4.54. The number of fused-ring (bicyclic) bond motifs is 1. The molecule has 1 heterocycles. The summed E-state index contributed by atoms with van der Waals surface area (Å²) in [5.41, 5.74) is 0.598. The molecule has 2 unspecified atom stereocenters. The maximum Gasteiger partial charge on any atom is 0.119 e. The first-order valence-corrected chi connectivity index (χ1v) is 5.39. The topological polar surface area (TPSA) is 26.3 Å². The van der Waals surface area contributed by atoms with Gasteiger partial charge in [0, 0.05) is 6.42 Å². The molecule has 0 N–H and O–H groups in total. The Morgan fingerprint density at radius 2 is 2.31 bits per heavy atom. The largest absolute Gasteiger partial charge is 0.381 e. The molecule has 0 aromatic carbocycles. The summed E-state index contributed by atoms with van der Waals surface area (Å²) in [4.78, 5) is 10.1. The summed E-state index contributed by atoms with van der Waals surface area (Å²) in [6, 6.07) is 0. The quantitative estimate of drug-likeness (QED) is 0.465. The van der Waals surface area contributed by atoms with Crippen molar-refractivity contribution in [3.05, 3.63) is 0 Å². The van der Waals surface area contributed by atoms with Crippen LogP contribution in [0.3, 0.4) is 0 Å². The normalized spacial score (nSPS) is 35.8. The first-order chi connectivity index (χ1) is 6.37. The van der Waals surface area contributed by atoms with E-state index in [1.165, 1.54) is 25.7 Å².